The van der Waals surface area contributed by atoms with Gasteiger partial charge in [0.2, 0.25) is 0 Å². The maximum atomic E-state index is 4.29. The fourth-order valence-electron chi connectivity index (χ4n) is 2.38. The predicted octanol–water partition coefficient (Wildman–Crippen LogP) is 2.18. The van der Waals surface area contributed by atoms with Gasteiger partial charge in [0.25, 0.3) is 0 Å². The lowest BCUT2D eigenvalue weighted by molar-refractivity contribution is 0.427. The predicted molar refractivity (Wildman–Crippen MR) is 72.8 cm³/mol. The number of hydrogen-bond acceptors (Lipinski definition) is 2. The van der Waals surface area contributed by atoms with E-state index >= 15 is 0 Å². The van der Waals surface area contributed by atoms with Crippen molar-refractivity contribution >= 4 is 0 Å². The largest absolute Gasteiger partial charge is 0.330 e. The van der Waals surface area contributed by atoms with E-state index in [1.165, 1.54) is 16.8 Å². The summed E-state index contributed by atoms with van der Waals surface area (Å²) in [7, 11) is 0. The molecule has 2 heterocycles. The molecule has 0 bridgehead atoms. The number of hydrogen-bond donors (Lipinski definition) is 1. The monoisotopic (exact) mass is 241 g/mol. The van der Waals surface area contributed by atoms with Crippen molar-refractivity contribution in [2.45, 2.75) is 25.8 Å². The van der Waals surface area contributed by atoms with Gasteiger partial charge in [-0.1, -0.05) is 31.2 Å². The van der Waals surface area contributed by atoms with Crippen LogP contribution in [0, 0.1) is 0 Å². The minimum Gasteiger partial charge on any atom is -0.330 e. The van der Waals surface area contributed by atoms with Gasteiger partial charge in [0.1, 0.15) is 0 Å². The van der Waals surface area contributed by atoms with Crippen molar-refractivity contribution in [3.8, 4) is 0 Å². The third-order valence-electron chi connectivity index (χ3n) is 3.73. The van der Waals surface area contributed by atoms with Crippen molar-refractivity contribution < 1.29 is 0 Å². The Morgan fingerprint density at radius 3 is 2.56 bits per heavy atom. The molecule has 1 fully saturated rings. The van der Waals surface area contributed by atoms with E-state index in [0.717, 1.165) is 26.1 Å². The van der Waals surface area contributed by atoms with Crippen LogP contribution in [0.3, 0.4) is 0 Å². The van der Waals surface area contributed by atoms with Gasteiger partial charge in [-0.15, -0.1) is 0 Å². The first-order valence-corrected chi connectivity index (χ1v) is 6.65. The third kappa shape index (κ3) is 2.18. The summed E-state index contributed by atoms with van der Waals surface area (Å²) in [4.78, 5) is 4.29. The molecule has 18 heavy (non-hydrogen) atoms. The van der Waals surface area contributed by atoms with Crippen molar-refractivity contribution in [1.29, 1.82) is 0 Å². The molecule has 3 nitrogen and oxygen atoms in total. The highest BCUT2D eigenvalue weighted by molar-refractivity contribution is 5.23. The molecule has 3 rings (SSSR count). The van der Waals surface area contributed by atoms with Crippen LogP contribution in [0.2, 0.25) is 0 Å². The average molecular weight is 241 g/mol. The summed E-state index contributed by atoms with van der Waals surface area (Å²) >= 11 is 0. The van der Waals surface area contributed by atoms with Crippen molar-refractivity contribution in [2.75, 3.05) is 13.1 Å². The lowest BCUT2D eigenvalue weighted by Gasteiger charge is -2.27. The zero-order valence-electron chi connectivity index (χ0n) is 10.8. The van der Waals surface area contributed by atoms with Gasteiger partial charge in [-0.2, -0.15) is 0 Å². The van der Waals surface area contributed by atoms with Gasteiger partial charge < -0.3 is 9.88 Å². The molecule has 0 unspecified atom stereocenters. The molecule has 1 aliphatic rings. The topological polar surface area (TPSA) is 29.9 Å². The highest BCUT2D eigenvalue weighted by Crippen LogP contribution is 2.20. The number of rotatable bonds is 4. The second-order valence-corrected chi connectivity index (χ2v) is 4.97. The summed E-state index contributed by atoms with van der Waals surface area (Å²) in [6, 6.07) is 8.89. The number of aromatic nitrogens is 2. The second-order valence-electron chi connectivity index (χ2n) is 4.97. The fraction of sp³-hybridized carbons (Fsp3) is 0.400. The number of benzene rings is 1. The average Bonchev–Trinajstić information content (AvgIpc) is 2.76. The van der Waals surface area contributed by atoms with E-state index in [0.29, 0.717) is 5.92 Å². The van der Waals surface area contributed by atoms with E-state index in [2.05, 4.69) is 46.1 Å². The quantitative estimate of drug-likeness (QED) is 0.889. The van der Waals surface area contributed by atoms with E-state index in [-0.39, 0.29) is 0 Å². The van der Waals surface area contributed by atoms with Gasteiger partial charge in [-0.25, -0.2) is 4.98 Å². The smallest absolute Gasteiger partial charge is 0.0951 e. The molecular weight excluding hydrogens is 222 g/mol. The summed E-state index contributed by atoms with van der Waals surface area (Å²) in [5.74, 6) is 0.641. The van der Waals surface area contributed by atoms with Crippen LogP contribution in [-0.2, 0) is 13.0 Å². The Bertz CT molecular complexity index is 509. The Labute approximate surface area is 108 Å². The van der Waals surface area contributed by atoms with Gasteiger partial charge in [0.05, 0.1) is 6.33 Å². The maximum absolute atomic E-state index is 4.29. The molecular formula is C15H19N3. The Balaban J connectivity index is 1.76. The molecule has 0 radical (unpaired) electrons. The first-order valence-electron chi connectivity index (χ1n) is 6.65. The molecule has 1 aliphatic heterocycles. The Hall–Kier alpha value is -1.61. The van der Waals surface area contributed by atoms with Gasteiger partial charge in [0, 0.05) is 37.4 Å². The maximum Gasteiger partial charge on any atom is 0.0951 e. The van der Waals surface area contributed by atoms with E-state index in [1.807, 2.05) is 12.5 Å². The van der Waals surface area contributed by atoms with Crippen molar-refractivity contribution in [3.63, 3.8) is 0 Å². The normalized spacial score (nSPS) is 15.6. The summed E-state index contributed by atoms with van der Waals surface area (Å²) < 4.78 is 2.27. The van der Waals surface area contributed by atoms with Crippen LogP contribution in [0.25, 0.3) is 0 Å². The summed E-state index contributed by atoms with van der Waals surface area (Å²) in [6.45, 7) is 5.28. The first-order chi connectivity index (χ1) is 8.86. The van der Waals surface area contributed by atoms with Gasteiger partial charge in [-0.3, -0.25) is 0 Å². The SMILES string of the molecule is CCc1ccc(Cn2cncc2C2CNC2)cc1. The number of imidazole rings is 1. The third-order valence-corrected chi connectivity index (χ3v) is 3.73. The molecule has 0 saturated carbocycles. The summed E-state index contributed by atoms with van der Waals surface area (Å²) in [6.07, 6.45) is 5.05. The van der Waals surface area contributed by atoms with Gasteiger partial charge in [-0.05, 0) is 17.5 Å². The van der Waals surface area contributed by atoms with Crippen LogP contribution >= 0.6 is 0 Å². The fourth-order valence-corrected chi connectivity index (χ4v) is 2.38. The van der Waals surface area contributed by atoms with Crippen LogP contribution in [0.1, 0.15) is 29.7 Å². The number of nitrogens with one attached hydrogen (secondary N) is 1. The van der Waals surface area contributed by atoms with Crippen LogP contribution in [0.15, 0.2) is 36.8 Å². The molecule has 0 spiro atoms. The van der Waals surface area contributed by atoms with Crippen molar-refractivity contribution in [2.24, 2.45) is 0 Å². The number of aryl methyl sites for hydroxylation is 1. The molecule has 0 aliphatic carbocycles. The molecule has 1 N–H and O–H groups in total. The van der Waals surface area contributed by atoms with Crippen molar-refractivity contribution in [3.05, 3.63) is 53.6 Å². The summed E-state index contributed by atoms with van der Waals surface area (Å²) in [5.41, 5.74) is 4.10. The zero-order chi connectivity index (χ0) is 12.4. The molecule has 0 amide bonds. The lowest BCUT2D eigenvalue weighted by Crippen LogP contribution is -2.40. The van der Waals surface area contributed by atoms with Gasteiger partial charge in [0.15, 0.2) is 0 Å². The number of nitrogens with zero attached hydrogens (tertiary/aromatic N) is 2. The van der Waals surface area contributed by atoms with Crippen LogP contribution in [0.5, 0.6) is 0 Å². The standard InChI is InChI=1S/C15H19N3/c1-2-12-3-5-13(6-4-12)10-18-11-17-9-15(18)14-7-16-8-14/h3-6,9,11,14,16H,2,7-8,10H2,1H3. The van der Waals surface area contributed by atoms with Crippen LogP contribution in [0.4, 0.5) is 0 Å². The van der Waals surface area contributed by atoms with E-state index in [4.69, 9.17) is 0 Å². The molecule has 1 aromatic carbocycles. The second kappa shape index (κ2) is 4.94. The van der Waals surface area contributed by atoms with E-state index < -0.39 is 0 Å². The minimum atomic E-state index is 0.641. The highest BCUT2D eigenvalue weighted by atomic mass is 15.1. The molecule has 94 valence electrons. The zero-order valence-corrected chi connectivity index (χ0v) is 10.8. The van der Waals surface area contributed by atoms with Gasteiger partial charge >= 0.3 is 0 Å². The van der Waals surface area contributed by atoms with E-state index in [9.17, 15) is 0 Å². The molecule has 2 aromatic rings. The lowest BCUT2D eigenvalue weighted by atomic mass is 9.99. The van der Waals surface area contributed by atoms with Crippen molar-refractivity contribution in [1.82, 2.24) is 14.9 Å². The first kappa shape index (κ1) is 11.5. The molecule has 1 aromatic heterocycles. The van der Waals surface area contributed by atoms with Crippen LogP contribution < -0.4 is 5.32 Å². The summed E-state index contributed by atoms with van der Waals surface area (Å²) in [5, 5.41) is 3.31. The molecule has 0 atom stereocenters. The Morgan fingerprint density at radius 1 is 1.22 bits per heavy atom. The molecule has 1 saturated heterocycles. The Kier molecular flexibility index (Phi) is 3.15. The minimum absolute atomic E-state index is 0.641. The Morgan fingerprint density at radius 2 is 1.94 bits per heavy atom. The highest BCUT2D eigenvalue weighted by Gasteiger charge is 2.22. The van der Waals surface area contributed by atoms with E-state index in [1.54, 1.807) is 0 Å². The molecule has 3 heteroatoms. The van der Waals surface area contributed by atoms with Crippen LogP contribution in [-0.4, -0.2) is 22.6 Å².